The van der Waals surface area contributed by atoms with Gasteiger partial charge in [-0.2, -0.15) is 13.5 Å². The van der Waals surface area contributed by atoms with Crippen molar-refractivity contribution in [3.05, 3.63) is 0 Å². The highest BCUT2D eigenvalue weighted by Gasteiger charge is 2.76. The van der Waals surface area contributed by atoms with Crippen molar-refractivity contribution in [2.75, 3.05) is 0 Å². The zero-order valence-electron chi connectivity index (χ0n) is 20.3. The average molecular weight is 437 g/mol. The third kappa shape index (κ3) is 3.26. The number of hydrogen-bond donors (Lipinski definition) is 1. The second-order valence-electron chi connectivity index (χ2n) is 13.0. The maximum atomic E-state index is 10.4. The highest BCUT2D eigenvalue weighted by atomic mass is 32.1. The van der Waals surface area contributed by atoms with Crippen molar-refractivity contribution in [1.29, 1.82) is 0 Å². The van der Waals surface area contributed by atoms with Crippen molar-refractivity contribution < 1.29 is 9.84 Å². The number of hydrogen-bond acceptors (Lipinski definition) is 2. The van der Waals surface area contributed by atoms with Gasteiger partial charge in [0.2, 0.25) is 0 Å². The van der Waals surface area contributed by atoms with E-state index in [1.807, 2.05) is 0 Å². The molecule has 4 aliphatic carbocycles. The highest BCUT2D eigenvalue weighted by Crippen LogP contribution is 2.74. The molecule has 10 atom stereocenters. The van der Waals surface area contributed by atoms with Gasteiger partial charge in [0.1, 0.15) is 5.60 Å². The summed E-state index contributed by atoms with van der Waals surface area (Å²) in [6.45, 7) is 12.6. The number of epoxide rings is 1. The summed E-state index contributed by atoms with van der Waals surface area (Å²) in [7, 11) is 0. The van der Waals surface area contributed by atoms with E-state index in [4.69, 9.17) is 4.74 Å². The Hall–Kier alpha value is 0.270. The summed E-state index contributed by atoms with van der Waals surface area (Å²) >= 11 is 0. The fraction of sp³-hybridized carbons (Fsp3) is 1.00. The fourth-order valence-electron chi connectivity index (χ4n) is 9.68. The SMILES string of the molecule is CC(C)CCCC(C)[C@H]1CC[C@H]2[C@@H]3CC4OC45C[C@@H](O)CC[C@]5(C)[C@H]3CC[C@]12C.S. The van der Waals surface area contributed by atoms with E-state index in [0.717, 1.165) is 48.3 Å². The first kappa shape index (κ1) is 23.4. The standard InChI is InChI=1S/C27H46O2.H2S/c1-17(2)7-6-8-18(3)21-9-10-22-20-15-24-27(29-24)16-19(28)11-14-26(27,5)23(20)12-13-25(21,22)4;/h17-24,28H,6-16H2,1-5H3;1H2/t18?,19-,20-,21+,22-,23-,24?,25+,26+,27?;/m0./s1. The number of aliphatic hydroxyl groups excluding tert-OH is 1. The lowest BCUT2D eigenvalue weighted by atomic mass is 9.44. The van der Waals surface area contributed by atoms with Crippen LogP contribution in [0.1, 0.15) is 105 Å². The Bertz CT molecular complexity index is 636. The Morgan fingerprint density at radius 2 is 1.73 bits per heavy atom. The van der Waals surface area contributed by atoms with E-state index in [-0.39, 0.29) is 25.2 Å². The molecule has 0 aromatic rings. The normalized spacial score (nSPS) is 52.5. The Kier molecular flexibility index (Phi) is 6.20. The van der Waals surface area contributed by atoms with Gasteiger partial charge in [0.25, 0.3) is 0 Å². The number of aliphatic hydroxyl groups is 1. The maximum Gasteiger partial charge on any atom is 0.103 e. The molecule has 30 heavy (non-hydrogen) atoms. The number of fused-ring (bicyclic) bond motifs is 4. The van der Waals surface area contributed by atoms with E-state index < -0.39 is 0 Å². The van der Waals surface area contributed by atoms with E-state index in [0.29, 0.717) is 16.9 Å². The molecule has 1 spiro atoms. The molecule has 2 nitrogen and oxygen atoms in total. The van der Waals surface area contributed by atoms with Crippen LogP contribution in [0.25, 0.3) is 0 Å². The van der Waals surface area contributed by atoms with Crippen LogP contribution in [-0.2, 0) is 4.74 Å². The summed E-state index contributed by atoms with van der Waals surface area (Å²) < 4.78 is 6.51. The van der Waals surface area contributed by atoms with Crippen molar-refractivity contribution in [1.82, 2.24) is 0 Å². The predicted octanol–water partition coefficient (Wildman–Crippen LogP) is 6.71. The summed E-state index contributed by atoms with van der Waals surface area (Å²) in [4.78, 5) is 0. The van der Waals surface area contributed by atoms with Crippen LogP contribution < -0.4 is 0 Å². The molecule has 1 aliphatic heterocycles. The Morgan fingerprint density at radius 1 is 0.967 bits per heavy atom. The van der Waals surface area contributed by atoms with Gasteiger partial charge in [-0.15, -0.1) is 0 Å². The maximum absolute atomic E-state index is 10.4. The number of ether oxygens (including phenoxy) is 1. The Labute approximate surface area is 192 Å². The lowest BCUT2D eigenvalue weighted by Crippen LogP contribution is -2.58. The summed E-state index contributed by atoms with van der Waals surface area (Å²) in [6, 6.07) is 0. The third-order valence-corrected chi connectivity index (χ3v) is 11.3. The second kappa shape index (κ2) is 7.94. The molecule has 3 unspecified atom stereocenters. The van der Waals surface area contributed by atoms with Crippen LogP contribution in [0.3, 0.4) is 0 Å². The largest absolute Gasteiger partial charge is 0.393 e. The van der Waals surface area contributed by atoms with E-state index in [1.54, 1.807) is 0 Å². The molecule has 5 fully saturated rings. The monoisotopic (exact) mass is 436 g/mol. The summed E-state index contributed by atoms with van der Waals surface area (Å²) in [5.41, 5.74) is 0.932. The molecule has 0 aromatic heterocycles. The van der Waals surface area contributed by atoms with Gasteiger partial charge in [-0.25, -0.2) is 0 Å². The van der Waals surface area contributed by atoms with E-state index in [1.165, 1.54) is 57.8 Å². The van der Waals surface area contributed by atoms with Crippen LogP contribution >= 0.6 is 13.5 Å². The van der Waals surface area contributed by atoms with Crippen LogP contribution in [0, 0.1) is 46.3 Å². The minimum absolute atomic E-state index is 0. The van der Waals surface area contributed by atoms with Crippen molar-refractivity contribution >= 4 is 13.5 Å². The molecule has 1 N–H and O–H groups in total. The molecular weight excluding hydrogens is 388 g/mol. The van der Waals surface area contributed by atoms with Gasteiger partial charge in [-0.3, -0.25) is 0 Å². The Morgan fingerprint density at radius 3 is 2.47 bits per heavy atom. The zero-order chi connectivity index (χ0) is 20.6. The zero-order valence-corrected chi connectivity index (χ0v) is 21.3. The van der Waals surface area contributed by atoms with Gasteiger partial charge < -0.3 is 9.84 Å². The Balaban J connectivity index is 0.00000218. The average Bonchev–Trinajstić information content (AvgIpc) is 3.22. The molecule has 3 heteroatoms. The van der Waals surface area contributed by atoms with Gasteiger partial charge in [0.15, 0.2) is 0 Å². The first-order valence-electron chi connectivity index (χ1n) is 13.1. The molecule has 5 rings (SSSR count). The first-order valence-corrected chi connectivity index (χ1v) is 13.1. The molecule has 1 saturated heterocycles. The molecule has 1 heterocycles. The van der Waals surface area contributed by atoms with E-state index >= 15 is 0 Å². The topological polar surface area (TPSA) is 32.8 Å². The number of rotatable bonds is 5. The fourth-order valence-corrected chi connectivity index (χ4v) is 9.68. The molecule has 0 radical (unpaired) electrons. The lowest BCUT2D eigenvalue weighted by molar-refractivity contribution is -0.116. The van der Waals surface area contributed by atoms with Gasteiger partial charge in [0.05, 0.1) is 12.2 Å². The van der Waals surface area contributed by atoms with Crippen molar-refractivity contribution in [2.24, 2.45) is 46.3 Å². The minimum Gasteiger partial charge on any atom is -0.393 e. The molecule has 4 saturated carbocycles. The van der Waals surface area contributed by atoms with E-state index in [2.05, 4.69) is 34.6 Å². The molecular formula is C27H48O2S. The molecule has 174 valence electrons. The quantitative estimate of drug-likeness (QED) is 0.486. The van der Waals surface area contributed by atoms with E-state index in [9.17, 15) is 5.11 Å². The lowest BCUT2D eigenvalue weighted by Gasteiger charge is -2.59. The smallest absolute Gasteiger partial charge is 0.103 e. The minimum atomic E-state index is -0.124. The highest BCUT2D eigenvalue weighted by molar-refractivity contribution is 7.59. The van der Waals surface area contributed by atoms with Crippen LogP contribution in [-0.4, -0.2) is 22.9 Å². The third-order valence-electron chi connectivity index (χ3n) is 11.3. The van der Waals surface area contributed by atoms with Crippen LogP contribution in [0.4, 0.5) is 0 Å². The summed E-state index contributed by atoms with van der Waals surface area (Å²) in [6.07, 6.45) is 14.8. The van der Waals surface area contributed by atoms with Gasteiger partial charge >= 0.3 is 0 Å². The van der Waals surface area contributed by atoms with Gasteiger partial charge in [0, 0.05) is 11.8 Å². The predicted molar refractivity (Wildman–Crippen MR) is 129 cm³/mol. The molecule has 0 aromatic carbocycles. The first-order chi connectivity index (χ1) is 13.7. The summed E-state index contributed by atoms with van der Waals surface area (Å²) in [5, 5.41) is 10.4. The second-order valence-corrected chi connectivity index (χ2v) is 13.0. The van der Waals surface area contributed by atoms with Crippen molar-refractivity contribution in [2.45, 2.75) is 123 Å². The van der Waals surface area contributed by atoms with Crippen molar-refractivity contribution in [3.63, 3.8) is 0 Å². The van der Waals surface area contributed by atoms with Crippen molar-refractivity contribution in [3.8, 4) is 0 Å². The van der Waals surface area contributed by atoms with Gasteiger partial charge in [-0.05, 0) is 85.9 Å². The van der Waals surface area contributed by atoms with Gasteiger partial charge in [-0.1, -0.05) is 53.9 Å². The molecule has 0 amide bonds. The summed E-state index contributed by atoms with van der Waals surface area (Å²) in [5.74, 6) is 5.31. The van der Waals surface area contributed by atoms with Crippen LogP contribution in [0.15, 0.2) is 0 Å². The van der Waals surface area contributed by atoms with Crippen LogP contribution in [0.2, 0.25) is 0 Å². The molecule has 0 bridgehead atoms. The van der Waals surface area contributed by atoms with Crippen LogP contribution in [0.5, 0.6) is 0 Å². The molecule has 5 aliphatic rings.